The Morgan fingerprint density at radius 1 is 1.27 bits per heavy atom. The van der Waals surface area contributed by atoms with Gasteiger partial charge in [-0.2, -0.15) is 5.11 Å². The van der Waals surface area contributed by atoms with Crippen molar-refractivity contribution in [2.24, 2.45) is 5.92 Å². The smallest absolute Gasteiger partial charge is 0.201 e. The number of rotatable bonds is 6. The van der Waals surface area contributed by atoms with E-state index in [1.54, 1.807) is 0 Å². The summed E-state index contributed by atoms with van der Waals surface area (Å²) in [4.78, 5) is 0. The second-order valence-corrected chi connectivity index (χ2v) is 4.98. The summed E-state index contributed by atoms with van der Waals surface area (Å²) in [6.45, 7) is 5.13. The van der Waals surface area contributed by atoms with E-state index in [1.807, 2.05) is 0 Å². The molecule has 1 saturated carbocycles. The fourth-order valence-corrected chi connectivity index (χ4v) is 2.13. The molecule has 2 heteroatoms. The predicted octanol–water partition coefficient (Wildman–Crippen LogP) is 3.92. The maximum Gasteiger partial charge on any atom is 0.201 e. The van der Waals surface area contributed by atoms with Gasteiger partial charge in [0.05, 0.1) is 6.61 Å². The van der Waals surface area contributed by atoms with E-state index >= 15 is 0 Å². The molecule has 0 N–H and O–H groups in total. The van der Waals surface area contributed by atoms with E-state index < -0.39 is 5.79 Å². The maximum atomic E-state index is 12.0. The normalized spacial score (nSPS) is 22.6. The van der Waals surface area contributed by atoms with Crippen LogP contribution in [0.2, 0.25) is 0 Å². The third kappa shape index (κ3) is 4.98. The summed E-state index contributed by atoms with van der Waals surface area (Å²) in [7, 11) is 0. The molecule has 0 aliphatic heterocycles. The van der Waals surface area contributed by atoms with Crippen molar-refractivity contribution in [3.63, 3.8) is 0 Å². The zero-order valence-electron chi connectivity index (χ0n) is 10.3. The highest BCUT2D eigenvalue weighted by Gasteiger charge is 2.31. The van der Waals surface area contributed by atoms with Gasteiger partial charge >= 0.3 is 0 Å². The molecule has 0 saturated heterocycles. The van der Waals surface area contributed by atoms with Gasteiger partial charge in [-0.05, 0) is 31.6 Å². The Hall–Kier alpha value is -0.0800. The molecule has 0 heterocycles. The monoisotopic (exact) mass is 213 g/mol. The summed E-state index contributed by atoms with van der Waals surface area (Å²) in [5.74, 6) is -0.268. The van der Waals surface area contributed by atoms with E-state index in [0.29, 0.717) is 6.61 Å². The fourth-order valence-electron chi connectivity index (χ4n) is 2.13. The zero-order chi connectivity index (χ0) is 11.1. The number of hydrogen-bond donors (Lipinski definition) is 0. The Kier molecular flexibility index (Phi) is 5.62. The lowest BCUT2D eigenvalue weighted by Gasteiger charge is -2.29. The summed E-state index contributed by atoms with van der Waals surface area (Å²) in [5, 5.41) is 12.0. The highest BCUT2D eigenvalue weighted by molar-refractivity contribution is 4.72. The summed E-state index contributed by atoms with van der Waals surface area (Å²) >= 11 is 0. The van der Waals surface area contributed by atoms with Crippen LogP contribution in [0.5, 0.6) is 0 Å². The first kappa shape index (κ1) is 13.0. The van der Waals surface area contributed by atoms with E-state index in [-0.39, 0.29) is 0 Å². The molecule has 0 amide bonds. The molecule has 0 aromatic carbocycles. The molecule has 1 radical (unpaired) electrons. The molecule has 1 aliphatic rings. The second-order valence-electron chi connectivity index (χ2n) is 4.98. The van der Waals surface area contributed by atoms with Crippen molar-refractivity contribution in [1.82, 2.24) is 0 Å². The average Bonchev–Trinajstić information content (AvgIpc) is 2.25. The van der Waals surface area contributed by atoms with E-state index in [1.165, 1.54) is 19.3 Å². The van der Waals surface area contributed by atoms with Crippen LogP contribution in [0.15, 0.2) is 0 Å². The van der Waals surface area contributed by atoms with Crippen LogP contribution in [0.1, 0.15) is 65.2 Å². The standard InChI is InChI=1S/C13H25O2/c1-3-12(2)8-7-11-15-13(14)9-5-4-6-10-13/h12H,3-11H2,1-2H3. The van der Waals surface area contributed by atoms with Crippen LogP contribution in [0.25, 0.3) is 0 Å². The molecule has 15 heavy (non-hydrogen) atoms. The lowest BCUT2D eigenvalue weighted by atomic mass is 9.94. The summed E-state index contributed by atoms with van der Waals surface area (Å²) in [5.41, 5.74) is 0. The molecule has 2 nitrogen and oxygen atoms in total. The largest absolute Gasteiger partial charge is 0.347 e. The van der Waals surface area contributed by atoms with Crippen LogP contribution >= 0.6 is 0 Å². The van der Waals surface area contributed by atoms with Gasteiger partial charge in [-0.15, -0.1) is 0 Å². The van der Waals surface area contributed by atoms with Crippen LogP contribution in [0, 0.1) is 5.92 Å². The first-order valence-electron chi connectivity index (χ1n) is 6.50. The van der Waals surface area contributed by atoms with Gasteiger partial charge in [-0.1, -0.05) is 26.7 Å². The van der Waals surface area contributed by atoms with Crippen molar-refractivity contribution in [2.45, 2.75) is 71.0 Å². The minimum absolute atomic E-state index is 0.661. The number of hydrogen-bond acceptors (Lipinski definition) is 1. The quantitative estimate of drug-likeness (QED) is 0.485. The van der Waals surface area contributed by atoms with E-state index in [2.05, 4.69) is 13.8 Å². The molecule has 1 unspecified atom stereocenters. The maximum absolute atomic E-state index is 12.0. The minimum atomic E-state index is -1.03. The van der Waals surface area contributed by atoms with Crippen LogP contribution < -0.4 is 0 Å². The molecule has 1 fully saturated rings. The molecule has 89 valence electrons. The molecule has 1 atom stereocenters. The molecule has 0 bridgehead atoms. The van der Waals surface area contributed by atoms with Gasteiger partial charge in [0, 0.05) is 12.8 Å². The Morgan fingerprint density at radius 2 is 1.93 bits per heavy atom. The second kappa shape index (κ2) is 6.49. The van der Waals surface area contributed by atoms with Gasteiger partial charge in [0.25, 0.3) is 0 Å². The van der Waals surface area contributed by atoms with Gasteiger partial charge in [0.15, 0.2) is 0 Å². The summed E-state index contributed by atoms with van der Waals surface area (Å²) in [6, 6.07) is 0. The van der Waals surface area contributed by atoms with Crippen molar-refractivity contribution >= 4 is 0 Å². The molecule has 1 rings (SSSR count). The van der Waals surface area contributed by atoms with Crippen molar-refractivity contribution in [1.29, 1.82) is 0 Å². The van der Waals surface area contributed by atoms with Gasteiger partial charge in [0.1, 0.15) is 0 Å². The van der Waals surface area contributed by atoms with Crippen LogP contribution in [-0.2, 0) is 9.84 Å². The van der Waals surface area contributed by atoms with Crippen molar-refractivity contribution in [3.05, 3.63) is 0 Å². The highest BCUT2D eigenvalue weighted by atomic mass is 16.6. The Balaban J connectivity index is 2.08. The van der Waals surface area contributed by atoms with Crippen LogP contribution in [0.3, 0.4) is 0 Å². The third-order valence-electron chi connectivity index (χ3n) is 3.52. The first-order chi connectivity index (χ1) is 7.16. The Morgan fingerprint density at radius 3 is 2.53 bits per heavy atom. The average molecular weight is 213 g/mol. The van der Waals surface area contributed by atoms with Gasteiger partial charge < -0.3 is 4.74 Å². The van der Waals surface area contributed by atoms with Gasteiger partial charge in [-0.3, -0.25) is 0 Å². The molecule has 1 aliphatic carbocycles. The highest BCUT2D eigenvalue weighted by Crippen LogP contribution is 2.29. The van der Waals surface area contributed by atoms with E-state index in [4.69, 9.17) is 4.74 Å². The minimum Gasteiger partial charge on any atom is -0.347 e. The zero-order valence-corrected chi connectivity index (χ0v) is 10.3. The van der Waals surface area contributed by atoms with Crippen molar-refractivity contribution < 1.29 is 9.84 Å². The fraction of sp³-hybridized carbons (Fsp3) is 1.00. The van der Waals surface area contributed by atoms with E-state index in [9.17, 15) is 5.11 Å². The van der Waals surface area contributed by atoms with Gasteiger partial charge in [0.2, 0.25) is 5.79 Å². The lowest BCUT2D eigenvalue weighted by Crippen LogP contribution is -2.33. The number of ether oxygens (including phenoxy) is 1. The topological polar surface area (TPSA) is 29.1 Å². The molecule has 0 aromatic rings. The summed E-state index contributed by atoms with van der Waals surface area (Å²) < 4.78 is 5.51. The van der Waals surface area contributed by atoms with E-state index in [0.717, 1.165) is 38.0 Å². The lowest BCUT2D eigenvalue weighted by molar-refractivity contribution is -0.256. The molecule has 0 aromatic heterocycles. The van der Waals surface area contributed by atoms with Crippen molar-refractivity contribution in [3.8, 4) is 0 Å². The van der Waals surface area contributed by atoms with Crippen LogP contribution in [-0.4, -0.2) is 12.4 Å². The van der Waals surface area contributed by atoms with Crippen molar-refractivity contribution in [2.75, 3.05) is 6.61 Å². The molecule has 0 spiro atoms. The SMILES string of the molecule is CCC(C)CCCOC1([O])CCCCC1. The Labute approximate surface area is 94.0 Å². The van der Waals surface area contributed by atoms with Crippen LogP contribution in [0.4, 0.5) is 0 Å². The third-order valence-corrected chi connectivity index (χ3v) is 3.52. The molecular formula is C13H25O2. The Bertz CT molecular complexity index is 162. The molecular weight excluding hydrogens is 188 g/mol. The van der Waals surface area contributed by atoms with Gasteiger partial charge in [-0.25, -0.2) is 0 Å². The summed E-state index contributed by atoms with van der Waals surface area (Å²) in [6.07, 6.45) is 8.20. The predicted molar refractivity (Wildman–Crippen MR) is 61.1 cm³/mol. The first-order valence-corrected chi connectivity index (χ1v) is 6.50.